The molecule has 1 unspecified atom stereocenters. The molecule has 1 atom stereocenters. The van der Waals surface area contributed by atoms with Crippen LogP contribution >= 0.6 is 0 Å². The Morgan fingerprint density at radius 1 is 1.10 bits per heavy atom. The minimum atomic E-state index is 0.464. The van der Waals surface area contributed by atoms with E-state index >= 15 is 0 Å². The second kappa shape index (κ2) is 7.13. The fourth-order valence-corrected chi connectivity index (χ4v) is 3.80. The molecule has 2 aliphatic rings. The van der Waals surface area contributed by atoms with Crippen molar-refractivity contribution < 1.29 is 0 Å². The first kappa shape index (κ1) is 14.7. The van der Waals surface area contributed by atoms with Crippen LogP contribution in [0.3, 0.4) is 0 Å². The Bertz CT molecular complexity index is 494. The van der Waals surface area contributed by atoms with E-state index in [2.05, 4.69) is 21.8 Å². The van der Waals surface area contributed by atoms with Crippen LogP contribution in [0.5, 0.6) is 0 Å². The Balaban J connectivity index is 1.76. The number of nitrogens with zero attached hydrogens (tertiary/aromatic N) is 3. The molecule has 3 rings (SSSR count). The van der Waals surface area contributed by atoms with Crippen molar-refractivity contribution >= 4 is 0 Å². The molecule has 21 heavy (non-hydrogen) atoms. The van der Waals surface area contributed by atoms with Crippen molar-refractivity contribution in [3.63, 3.8) is 0 Å². The van der Waals surface area contributed by atoms with Crippen LogP contribution in [0.4, 0.5) is 0 Å². The molecule has 2 fully saturated rings. The van der Waals surface area contributed by atoms with Crippen molar-refractivity contribution in [1.29, 1.82) is 0 Å². The number of likely N-dealkylation sites (tertiary alicyclic amines) is 1. The number of hydrogen-bond acceptors (Lipinski definition) is 2. The Morgan fingerprint density at radius 2 is 1.81 bits per heavy atom. The van der Waals surface area contributed by atoms with Crippen LogP contribution in [0.2, 0.25) is 0 Å². The Kier molecular flexibility index (Phi) is 4.98. The highest BCUT2D eigenvalue weighted by molar-refractivity contribution is 5.31. The van der Waals surface area contributed by atoms with Gasteiger partial charge in [-0.05, 0) is 44.7 Å². The summed E-state index contributed by atoms with van der Waals surface area (Å²) in [6.45, 7) is 2.48. The molecule has 1 aliphatic carbocycles. The lowest BCUT2D eigenvalue weighted by molar-refractivity contribution is 0.190. The zero-order valence-electron chi connectivity index (χ0n) is 13.2. The summed E-state index contributed by atoms with van der Waals surface area (Å²) in [6, 6.07) is 0.464. The van der Waals surface area contributed by atoms with Gasteiger partial charge in [-0.1, -0.05) is 37.5 Å². The first-order valence-corrected chi connectivity index (χ1v) is 8.57. The SMILES string of the molecule is Cn1cc(C#CC(C2CCCC2)N2CCCCCC2)cn1. The molecule has 0 spiro atoms. The third kappa shape index (κ3) is 3.89. The van der Waals surface area contributed by atoms with E-state index in [1.807, 2.05) is 24.1 Å². The Hall–Kier alpha value is -1.27. The zero-order valence-corrected chi connectivity index (χ0v) is 13.2. The van der Waals surface area contributed by atoms with Gasteiger partial charge in [0.1, 0.15) is 0 Å². The molecule has 1 aromatic heterocycles. The highest BCUT2D eigenvalue weighted by Gasteiger charge is 2.28. The highest BCUT2D eigenvalue weighted by atomic mass is 15.2. The molecule has 1 saturated heterocycles. The first-order chi connectivity index (χ1) is 10.3. The largest absolute Gasteiger partial charge is 0.290 e. The van der Waals surface area contributed by atoms with Gasteiger partial charge in [-0.3, -0.25) is 9.58 Å². The van der Waals surface area contributed by atoms with E-state index < -0.39 is 0 Å². The molecule has 2 heterocycles. The third-order valence-electron chi connectivity index (χ3n) is 4.95. The molecule has 0 bridgehead atoms. The van der Waals surface area contributed by atoms with E-state index in [1.54, 1.807) is 0 Å². The Morgan fingerprint density at radius 3 is 2.43 bits per heavy atom. The highest BCUT2D eigenvalue weighted by Crippen LogP contribution is 2.31. The molecule has 0 radical (unpaired) electrons. The van der Waals surface area contributed by atoms with Crippen molar-refractivity contribution in [3.05, 3.63) is 18.0 Å². The van der Waals surface area contributed by atoms with Crippen LogP contribution < -0.4 is 0 Å². The van der Waals surface area contributed by atoms with Gasteiger partial charge in [0.15, 0.2) is 0 Å². The van der Waals surface area contributed by atoms with Gasteiger partial charge in [-0.25, -0.2) is 0 Å². The van der Waals surface area contributed by atoms with E-state index in [-0.39, 0.29) is 0 Å². The van der Waals surface area contributed by atoms with Crippen molar-refractivity contribution in [3.8, 4) is 11.8 Å². The summed E-state index contributed by atoms with van der Waals surface area (Å²) >= 11 is 0. The van der Waals surface area contributed by atoms with E-state index in [0.29, 0.717) is 6.04 Å². The molecular weight excluding hydrogens is 258 g/mol. The van der Waals surface area contributed by atoms with Crippen LogP contribution in [-0.4, -0.2) is 33.8 Å². The van der Waals surface area contributed by atoms with Crippen molar-refractivity contribution in [1.82, 2.24) is 14.7 Å². The predicted molar refractivity (Wildman–Crippen MR) is 85.9 cm³/mol. The molecule has 1 aromatic rings. The average molecular weight is 285 g/mol. The number of aromatic nitrogens is 2. The minimum Gasteiger partial charge on any atom is -0.290 e. The second-order valence-corrected chi connectivity index (χ2v) is 6.61. The molecule has 114 valence electrons. The number of hydrogen-bond donors (Lipinski definition) is 0. The standard InChI is InChI=1S/C18H27N3/c1-20-15-16(14-19-20)10-11-18(17-8-4-5-9-17)21-12-6-2-3-7-13-21/h14-15,17-18H,2-9,12-13H2,1H3. The second-order valence-electron chi connectivity index (χ2n) is 6.61. The molecule has 3 heteroatoms. The maximum Gasteiger partial charge on any atom is 0.0746 e. The van der Waals surface area contributed by atoms with Crippen molar-refractivity contribution in [2.45, 2.75) is 57.4 Å². The lowest BCUT2D eigenvalue weighted by Gasteiger charge is -2.31. The smallest absolute Gasteiger partial charge is 0.0746 e. The lowest BCUT2D eigenvalue weighted by atomic mass is 9.96. The topological polar surface area (TPSA) is 21.1 Å². The summed E-state index contributed by atoms with van der Waals surface area (Å²) in [5.41, 5.74) is 1.05. The van der Waals surface area contributed by atoms with Gasteiger partial charge in [0.2, 0.25) is 0 Å². The first-order valence-electron chi connectivity index (χ1n) is 8.57. The van der Waals surface area contributed by atoms with E-state index in [0.717, 1.165) is 11.5 Å². The van der Waals surface area contributed by atoms with Gasteiger partial charge in [-0.2, -0.15) is 5.10 Å². The number of aryl methyl sites for hydroxylation is 1. The molecule has 0 amide bonds. The van der Waals surface area contributed by atoms with E-state index in [9.17, 15) is 0 Å². The maximum atomic E-state index is 4.22. The van der Waals surface area contributed by atoms with Crippen molar-refractivity contribution in [2.75, 3.05) is 13.1 Å². The van der Waals surface area contributed by atoms with Gasteiger partial charge in [0.05, 0.1) is 17.8 Å². The van der Waals surface area contributed by atoms with Gasteiger partial charge in [0.25, 0.3) is 0 Å². The van der Waals surface area contributed by atoms with Crippen LogP contribution in [0.15, 0.2) is 12.4 Å². The van der Waals surface area contributed by atoms with Gasteiger partial charge >= 0.3 is 0 Å². The zero-order chi connectivity index (χ0) is 14.5. The maximum absolute atomic E-state index is 4.22. The van der Waals surface area contributed by atoms with Crippen LogP contribution in [-0.2, 0) is 7.05 Å². The molecule has 1 saturated carbocycles. The van der Waals surface area contributed by atoms with E-state index in [4.69, 9.17) is 0 Å². The fourth-order valence-electron chi connectivity index (χ4n) is 3.80. The van der Waals surface area contributed by atoms with Crippen molar-refractivity contribution in [2.24, 2.45) is 13.0 Å². The van der Waals surface area contributed by atoms with E-state index in [1.165, 1.54) is 64.5 Å². The summed E-state index contributed by atoms with van der Waals surface area (Å²) in [5, 5.41) is 4.22. The molecule has 3 nitrogen and oxygen atoms in total. The molecule has 0 aromatic carbocycles. The minimum absolute atomic E-state index is 0.464. The van der Waals surface area contributed by atoms with Gasteiger partial charge < -0.3 is 0 Å². The predicted octanol–water partition coefficient (Wildman–Crippen LogP) is 3.21. The molecule has 0 N–H and O–H groups in total. The molecule has 1 aliphatic heterocycles. The third-order valence-corrected chi connectivity index (χ3v) is 4.95. The monoisotopic (exact) mass is 285 g/mol. The quantitative estimate of drug-likeness (QED) is 0.778. The fraction of sp³-hybridized carbons (Fsp3) is 0.722. The van der Waals surface area contributed by atoms with Crippen LogP contribution in [0.25, 0.3) is 0 Å². The number of rotatable bonds is 2. The molecular formula is C18H27N3. The summed E-state index contributed by atoms with van der Waals surface area (Å²) < 4.78 is 1.83. The summed E-state index contributed by atoms with van der Waals surface area (Å²) in [5.74, 6) is 7.78. The summed E-state index contributed by atoms with van der Waals surface area (Å²) in [4.78, 5) is 2.67. The van der Waals surface area contributed by atoms with Crippen LogP contribution in [0.1, 0.15) is 56.9 Å². The summed E-state index contributed by atoms with van der Waals surface area (Å²) in [7, 11) is 1.95. The summed E-state index contributed by atoms with van der Waals surface area (Å²) in [6.07, 6.45) is 14.9. The average Bonchev–Trinajstić information content (AvgIpc) is 3.07. The Labute approximate surface area is 128 Å². The normalized spacial score (nSPS) is 22.5. The van der Waals surface area contributed by atoms with Gasteiger partial charge in [-0.15, -0.1) is 0 Å². The van der Waals surface area contributed by atoms with Crippen LogP contribution in [0, 0.1) is 17.8 Å². The lowest BCUT2D eigenvalue weighted by Crippen LogP contribution is -2.39. The van der Waals surface area contributed by atoms with Gasteiger partial charge in [0, 0.05) is 13.2 Å².